The average Bonchev–Trinajstić information content (AvgIpc) is 3.27. The molecule has 9 heteroatoms. The quantitative estimate of drug-likeness (QED) is 0.274. The molecular formula is C30H27N3O6. The first-order valence-electron chi connectivity index (χ1n) is 12.5. The van der Waals surface area contributed by atoms with Gasteiger partial charge in [-0.15, -0.1) is 0 Å². The second-order valence-corrected chi connectivity index (χ2v) is 9.48. The highest BCUT2D eigenvalue weighted by atomic mass is 16.6. The Morgan fingerprint density at radius 1 is 1.05 bits per heavy atom. The third-order valence-corrected chi connectivity index (χ3v) is 6.90. The van der Waals surface area contributed by atoms with Gasteiger partial charge in [0.2, 0.25) is 5.91 Å². The van der Waals surface area contributed by atoms with Crippen LogP contribution in [0.1, 0.15) is 46.9 Å². The van der Waals surface area contributed by atoms with Gasteiger partial charge in [0.25, 0.3) is 0 Å². The Labute approximate surface area is 224 Å². The fourth-order valence-electron chi connectivity index (χ4n) is 4.82. The van der Waals surface area contributed by atoms with E-state index in [-0.39, 0.29) is 6.54 Å². The maximum absolute atomic E-state index is 12.7. The van der Waals surface area contributed by atoms with E-state index in [2.05, 4.69) is 15.8 Å². The third kappa shape index (κ3) is 5.11. The Bertz CT molecular complexity index is 1570. The van der Waals surface area contributed by atoms with Crippen molar-refractivity contribution in [1.29, 1.82) is 0 Å². The number of aromatic nitrogens is 1. The fraction of sp³-hybridized carbons (Fsp3) is 0.200. The van der Waals surface area contributed by atoms with Crippen molar-refractivity contribution >= 4 is 23.7 Å². The van der Waals surface area contributed by atoms with Crippen LogP contribution in [0, 0.1) is 13.8 Å². The van der Waals surface area contributed by atoms with Crippen LogP contribution in [-0.2, 0) is 20.9 Å². The van der Waals surface area contributed by atoms with E-state index >= 15 is 0 Å². The Morgan fingerprint density at radius 3 is 2.46 bits per heavy atom. The van der Waals surface area contributed by atoms with Crippen molar-refractivity contribution in [2.24, 2.45) is 0 Å². The summed E-state index contributed by atoms with van der Waals surface area (Å²) in [5, 5.41) is 18.9. The standard InChI is InChI=1S/C30H27N3O6/c1-16-6-4-5-7-23(16)18(3)38-30(37)32-26-17(2)33-39-27(26)20-10-8-19(9-11-20)21-12-13-24-22(14-21)15-31-28(34)25(24)29(35)36/h4-14,18,25H,15H2,1-3H3,(H,31,34)(H,32,37)(H,35,36). The van der Waals surface area contributed by atoms with Gasteiger partial charge in [-0.25, -0.2) is 4.79 Å². The molecule has 1 aromatic heterocycles. The topological polar surface area (TPSA) is 131 Å². The molecule has 2 amide bonds. The molecule has 0 bridgehead atoms. The number of aliphatic carboxylic acids is 1. The Morgan fingerprint density at radius 2 is 1.74 bits per heavy atom. The molecule has 2 atom stereocenters. The summed E-state index contributed by atoms with van der Waals surface area (Å²) in [6.07, 6.45) is -1.06. The van der Waals surface area contributed by atoms with Crippen LogP contribution in [0.4, 0.5) is 10.5 Å². The lowest BCUT2D eigenvalue weighted by molar-refractivity contribution is -0.143. The van der Waals surface area contributed by atoms with E-state index in [1.165, 1.54) is 0 Å². The molecular weight excluding hydrogens is 498 g/mol. The minimum Gasteiger partial charge on any atom is -0.480 e. The van der Waals surface area contributed by atoms with E-state index in [0.29, 0.717) is 28.3 Å². The zero-order valence-corrected chi connectivity index (χ0v) is 21.6. The number of nitrogens with one attached hydrogen (secondary N) is 2. The van der Waals surface area contributed by atoms with E-state index in [1.807, 2.05) is 68.4 Å². The minimum atomic E-state index is -1.21. The summed E-state index contributed by atoms with van der Waals surface area (Å²) in [7, 11) is 0. The molecule has 9 nitrogen and oxygen atoms in total. The number of hydrogen-bond acceptors (Lipinski definition) is 6. The van der Waals surface area contributed by atoms with Gasteiger partial charge in [0.05, 0.1) is 0 Å². The van der Waals surface area contributed by atoms with Crippen molar-refractivity contribution in [3.8, 4) is 22.5 Å². The number of anilines is 1. The smallest absolute Gasteiger partial charge is 0.412 e. The summed E-state index contributed by atoms with van der Waals surface area (Å²) < 4.78 is 11.1. The number of nitrogens with zero attached hydrogens (tertiary/aromatic N) is 1. The third-order valence-electron chi connectivity index (χ3n) is 6.90. The summed E-state index contributed by atoms with van der Waals surface area (Å²) in [5.74, 6) is -2.49. The fourth-order valence-corrected chi connectivity index (χ4v) is 4.82. The second kappa shape index (κ2) is 10.4. The molecule has 0 fully saturated rings. The molecule has 3 aromatic carbocycles. The lowest BCUT2D eigenvalue weighted by Crippen LogP contribution is -2.38. The largest absolute Gasteiger partial charge is 0.480 e. The minimum absolute atomic E-state index is 0.273. The molecule has 0 saturated carbocycles. The van der Waals surface area contributed by atoms with Gasteiger partial charge in [0.1, 0.15) is 17.5 Å². The number of hydrogen-bond donors (Lipinski definition) is 3. The SMILES string of the molecule is Cc1ccccc1C(C)OC(=O)Nc1c(C)noc1-c1ccc(-c2ccc3c(c2)CNC(=O)C3C(=O)O)cc1. The van der Waals surface area contributed by atoms with Gasteiger partial charge in [-0.2, -0.15) is 0 Å². The molecule has 3 N–H and O–H groups in total. The van der Waals surface area contributed by atoms with Gasteiger partial charge in [-0.3, -0.25) is 14.9 Å². The van der Waals surface area contributed by atoms with Crippen LogP contribution >= 0.6 is 0 Å². The summed E-state index contributed by atoms with van der Waals surface area (Å²) >= 11 is 0. The number of ether oxygens (including phenoxy) is 1. The summed E-state index contributed by atoms with van der Waals surface area (Å²) in [4.78, 5) is 36.3. The van der Waals surface area contributed by atoms with Gasteiger partial charge < -0.3 is 19.7 Å². The van der Waals surface area contributed by atoms with E-state index in [1.54, 1.807) is 19.1 Å². The first kappa shape index (κ1) is 25.7. The van der Waals surface area contributed by atoms with Crippen LogP contribution in [0.2, 0.25) is 0 Å². The van der Waals surface area contributed by atoms with Crippen molar-refractivity contribution in [1.82, 2.24) is 10.5 Å². The molecule has 5 rings (SSSR count). The van der Waals surface area contributed by atoms with Crippen LogP contribution in [0.3, 0.4) is 0 Å². The van der Waals surface area contributed by atoms with Gasteiger partial charge >= 0.3 is 12.1 Å². The number of rotatable bonds is 6. The maximum atomic E-state index is 12.7. The maximum Gasteiger partial charge on any atom is 0.412 e. The first-order valence-corrected chi connectivity index (χ1v) is 12.5. The molecule has 0 aliphatic carbocycles. The number of carboxylic acids is 1. The first-order chi connectivity index (χ1) is 18.7. The number of fused-ring (bicyclic) bond motifs is 1. The van der Waals surface area contributed by atoms with E-state index in [4.69, 9.17) is 9.26 Å². The van der Waals surface area contributed by atoms with Gasteiger partial charge in [0.15, 0.2) is 11.7 Å². The normalized spacial score (nSPS) is 15.2. The molecule has 1 aliphatic heterocycles. The molecule has 198 valence electrons. The van der Waals surface area contributed by atoms with Crippen molar-refractivity contribution in [2.45, 2.75) is 39.3 Å². The van der Waals surface area contributed by atoms with E-state index < -0.39 is 30.0 Å². The molecule has 4 aromatic rings. The number of carbonyl (C=O) groups is 3. The Kier molecular flexibility index (Phi) is 6.89. The molecule has 0 saturated heterocycles. The molecule has 39 heavy (non-hydrogen) atoms. The number of carbonyl (C=O) groups excluding carboxylic acids is 2. The van der Waals surface area contributed by atoms with Gasteiger partial charge in [-0.05, 0) is 60.2 Å². The molecule has 1 aliphatic rings. The molecule has 0 spiro atoms. The molecule has 2 unspecified atom stereocenters. The van der Waals surface area contributed by atoms with E-state index in [9.17, 15) is 19.5 Å². The summed E-state index contributed by atoms with van der Waals surface area (Å²) in [6, 6.07) is 20.6. The van der Waals surface area contributed by atoms with Crippen LogP contribution in [-0.4, -0.2) is 28.2 Å². The predicted octanol–water partition coefficient (Wildman–Crippen LogP) is 5.73. The van der Waals surface area contributed by atoms with Crippen LogP contribution in [0.25, 0.3) is 22.5 Å². The highest BCUT2D eigenvalue weighted by Crippen LogP contribution is 2.34. The lowest BCUT2D eigenvalue weighted by atomic mass is 9.88. The zero-order valence-electron chi connectivity index (χ0n) is 21.6. The van der Waals surface area contributed by atoms with Gasteiger partial charge in [0, 0.05) is 12.1 Å². The molecule has 0 radical (unpaired) electrons. The second-order valence-electron chi connectivity index (χ2n) is 9.48. The Hall–Kier alpha value is -4.92. The summed E-state index contributed by atoms with van der Waals surface area (Å²) in [6.45, 7) is 5.79. The Balaban J connectivity index is 1.34. The number of carboxylic acid groups (broad SMARTS) is 1. The molecule has 2 heterocycles. The number of benzene rings is 3. The monoisotopic (exact) mass is 525 g/mol. The average molecular weight is 526 g/mol. The van der Waals surface area contributed by atoms with E-state index in [0.717, 1.165) is 27.8 Å². The highest BCUT2D eigenvalue weighted by Gasteiger charge is 2.33. The van der Waals surface area contributed by atoms with Crippen LogP contribution in [0.15, 0.2) is 71.3 Å². The number of amides is 2. The summed E-state index contributed by atoms with van der Waals surface area (Å²) in [5.41, 5.74) is 6.64. The van der Waals surface area contributed by atoms with Gasteiger partial charge in [-0.1, -0.05) is 65.8 Å². The van der Waals surface area contributed by atoms with Crippen molar-refractivity contribution in [3.63, 3.8) is 0 Å². The highest BCUT2D eigenvalue weighted by molar-refractivity contribution is 6.04. The number of aryl methyl sites for hydroxylation is 2. The van der Waals surface area contributed by atoms with Crippen LogP contribution in [0.5, 0.6) is 0 Å². The van der Waals surface area contributed by atoms with Crippen molar-refractivity contribution < 1.29 is 28.8 Å². The van der Waals surface area contributed by atoms with Crippen molar-refractivity contribution in [3.05, 3.63) is 94.7 Å². The van der Waals surface area contributed by atoms with Crippen LogP contribution < -0.4 is 10.6 Å². The lowest BCUT2D eigenvalue weighted by Gasteiger charge is -2.23. The van der Waals surface area contributed by atoms with Crippen molar-refractivity contribution in [2.75, 3.05) is 5.32 Å². The zero-order chi connectivity index (χ0) is 27.7. The predicted molar refractivity (Wildman–Crippen MR) is 144 cm³/mol.